The van der Waals surface area contributed by atoms with Crippen LogP contribution in [0.3, 0.4) is 0 Å². The fraction of sp³-hybridized carbons (Fsp3) is 0.160. The first-order chi connectivity index (χ1) is 15.0. The van der Waals surface area contributed by atoms with Crippen molar-refractivity contribution in [3.8, 4) is 0 Å². The summed E-state index contributed by atoms with van der Waals surface area (Å²) in [7, 11) is 0. The number of nitrogens with zero attached hydrogens (tertiary/aromatic N) is 3. The largest absolute Gasteiger partial charge is 0.322 e. The maximum atomic E-state index is 13.1. The topological polar surface area (TPSA) is 58.1 Å². The SMILES string of the molecule is Cc1cc(C)c2nc(Cl)c(CN(Cc3cccnc3)C(=O)Nc3ccccc3)cc2c1. The number of pyridine rings is 2. The first-order valence-electron chi connectivity index (χ1n) is 10.1. The molecule has 0 saturated heterocycles. The van der Waals surface area contributed by atoms with Crippen LogP contribution in [-0.2, 0) is 13.1 Å². The first kappa shape index (κ1) is 20.8. The third-order valence-electron chi connectivity index (χ3n) is 5.05. The molecule has 4 rings (SSSR count). The summed E-state index contributed by atoms with van der Waals surface area (Å²) in [6.45, 7) is 4.80. The molecule has 0 aliphatic heterocycles. The van der Waals surface area contributed by atoms with E-state index < -0.39 is 0 Å². The van der Waals surface area contributed by atoms with Crippen molar-refractivity contribution in [3.05, 3.63) is 100 Å². The maximum Gasteiger partial charge on any atom is 0.322 e. The molecule has 0 bridgehead atoms. The van der Waals surface area contributed by atoms with Gasteiger partial charge >= 0.3 is 6.03 Å². The number of para-hydroxylation sites is 1. The molecule has 2 amide bonds. The van der Waals surface area contributed by atoms with Crippen LogP contribution in [0.1, 0.15) is 22.3 Å². The Balaban J connectivity index is 1.66. The Morgan fingerprint density at radius 2 is 1.84 bits per heavy atom. The van der Waals surface area contributed by atoms with Crippen LogP contribution in [0.4, 0.5) is 10.5 Å². The van der Waals surface area contributed by atoms with E-state index in [1.54, 1.807) is 17.3 Å². The Morgan fingerprint density at radius 3 is 2.58 bits per heavy atom. The standard InChI is InChI=1S/C25H23ClN4O/c1-17-11-18(2)23-20(12-17)13-21(24(26)29-23)16-30(15-19-7-6-10-27-14-19)25(31)28-22-8-4-3-5-9-22/h3-14H,15-16H2,1-2H3,(H,28,31). The normalized spacial score (nSPS) is 10.8. The number of fused-ring (bicyclic) bond motifs is 1. The first-order valence-corrected chi connectivity index (χ1v) is 10.4. The van der Waals surface area contributed by atoms with E-state index >= 15 is 0 Å². The van der Waals surface area contributed by atoms with Crippen LogP contribution in [0.15, 0.2) is 73.1 Å². The molecule has 6 heteroatoms. The van der Waals surface area contributed by atoms with Gasteiger partial charge in [0.15, 0.2) is 0 Å². The quantitative estimate of drug-likeness (QED) is 0.387. The number of urea groups is 1. The minimum atomic E-state index is -0.216. The highest BCUT2D eigenvalue weighted by Gasteiger charge is 2.18. The lowest BCUT2D eigenvalue weighted by Gasteiger charge is -2.24. The molecule has 0 radical (unpaired) electrons. The number of anilines is 1. The number of nitrogens with one attached hydrogen (secondary N) is 1. The average Bonchev–Trinajstić information content (AvgIpc) is 2.76. The van der Waals surface area contributed by atoms with Gasteiger partial charge in [0.25, 0.3) is 0 Å². The second kappa shape index (κ2) is 9.14. The van der Waals surface area contributed by atoms with E-state index in [-0.39, 0.29) is 6.03 Å². The lowest BCUT2D eigenvalue weighted by atomic mass is 10.1. The zero-order valence-electron chi connectivity index (χ0n) is 17.5. The van der Waals surface area contributed by atoms with Gasteiger partial charge in [0.05, 0.1) is 12.1 Å². The Bertz CT molecular complexity index is 1210. The number of carbonyl (C=O) groups is 1. The molecule has 0 saturated carbocycles. The summed E-state index contributed by atoms with van der Waals surface area (Å²) in [6.07, 6.45) is 3.47. The van der Waals surface area contributed by atoms with Crippen molar-refractivity contribution in [1.29, 1.82) is 0 Å². The van der Waals surface area contributed by atoms with Crippen molar-refractivity contribution < 1.29 is 4.79 Å². The molecular weight excluding hydrogens is 408 g/mol. The van der Waals surface area contributed by atoms with Crippen LogP contribution in [0.25, 0.3) is 10.9 Å². The highest BCUT2D eigenvalue weighted by atomic mass is 35.5. The van der Waals surface area contributed by atoms with Gasteiger partial charge in [0.2, 0.25) is 0 Å². The van der Waals surface area contributed by atoms with Gasteiger partial charge in [-0.15, -0.1) is 0 Å². The minimum Gasteiger partial charge on any atom is -0.316 e. The van der Waals surface area contributed by atoms with Crippen molar-refractivity contribution in [1.82, 2.24) is 14.9 Å². The van der Waals surface area contributed by atoms with E-state index in [1.807, 2.05) is 55.5 Å². The van der Waals surface area contributed by atoms with Crippen molar-refractivity contribution in [2.24, 2.45) is 0 Å². The average molecular weight is 431 g/mol. The zero-order chi connectivity index (χ0) is 21.8. The number of aryl methyl sites for hydroxylation is 2. The van der Waals surface area contributed by atoms with Gasteiger partial charge in [0.1, 0.15) is 5.15 Å². The highest BCUT2D eigenvalue weighted by molar-refractivity contribution is 6.30. The van der Waals surface area contributed by atoms with Crippen molar-refractivity contribution in [2.45, 2.75) is 26.9 Å². The van der Waals surface area contributed by atoms with Crippen molar-refractivity contribution in [3.63, 3.8) is 0 Å². The number of carbonyl (C=O) groups excluding carboxylic acids is 1. The number of benzene rings is 2. The molecule has 31 heavy (non-hydrogen) atoms. The van der Waals surface area contributed by atoms with Crippen LogP contribution < -0.4 is 5.32 Å². The van der Waals surface area contributed by atoms with E-state index in [4.69, 9.17) is 11.6 Å². The summed E-state index contributed by atoms with van der Waals surface area (Å²) in [6, 6.07) is 19.2. The molecule has 0 unspecified atom stereocenters. The van der Waals surface area contributed by atoms with Gasteiger partial charge in [-0.3, -0.25) is 4.98 Å². The molecule has 0 aliphatic rings. The Labute approximate surface area is 186 Å². The van der Waals surface area contributed by atoms with E-state index in [0.29, 0.717) is 18.2 Å². The monoisotopic (exact) mass is 430 g/mol. The van der Waals surface area contributed by atoms with Crippen molar-refractivity contribution >= 4 is 34.2 Å². The van der Waals surface area contributed by atoms with E-state index in [2.05, 4.69) is 34.3 Å². The van der Waals surface area contributed by atoms with Crippen molar-refractivity contribution in [2.75, 3.05) is 5.32 Å². The second-order valence-corrected chi connectivity index (χ2v) is 7.96. The molecule has 2 aromatic heterocycles. The number of hydrogen-bond donors (Lipinski definition) is 1. The predicted octanol–water partition coefficient (Wildman–Crippen LogP) is 6.13. The summed E-state index contributed by atoms with van der Waals surface area (Å²) in [5, 5.41) is 4.38. The van der Waals surface area contributed by atoms with E-state index in [0.717, 1.165) is 38.8 Å². The van der Waals surface area contributed by atoms with Gasteiger partial charge in [-0.1, -0.05) is 47.5 Å². The highest BCUT2D eigenvalue weighted by Crippen LogP contribution is 2.26. The number of halogens is 1. The molecule has 1 N–H and O–H groups in total. The number of rotatable bonds is 5. The number of hydrogen-bond acceptors (Lipinski definition) is 3. The lowest BCUT2D eigenvalue weighted by molar-refractivity contribution is 0.206. The van der Waals surface area contributed by atoms with E-state index in [1.165, 1.54) is 0 Å². The van der Waals surface area contributed by atoms with E-state index in [9.17, 15) is 4.79 Å². The molecule has 0 fully saturated rings. The summed E-state index contributed by atoms with van der Waals surface area (Å²) >= 11 is 6.55. The van der Waals surface area contributed by atoms with Crippen LogP contribution in [-0.4, -0.2) is 20.9 Å². The number of aromatic nitrogens is 2. The Morgan fingerprint density at radius 1 is 1.03 bits per heavy atom. The fourth-order valence-corrected chi connectivity index (χ4v) is 3.82. The van der Waals surface area contributed by atoms with Gasteiger partial charge in [-0.25, -0.2) is 9.78 Å². The summed E-state index contributed by atoms with van der Waals surface area (Å²) in [5.41, 5.74) is 5.59. The second-order valence-electron chi connectivity index (χ2n) is 7.61. The molecule has 0 aliphatic carbocycles. The summed E-state index contributed by atoms with van der Waals surface area (Å²) < 4.78 is 0. The zero-order valence-corrected chi connectivity index (χ0v) is 18.2. The molecule has 2 heterocycles. The third-order valence-corrected chi connectivity index (χ3v) is 5.38. The summed E-state index contributed by atoms with van der Waals surface area (Å²) in [5.74, 6) is 0. The maximum absolute atomic E-state index is 13.1. The lowest BCUT2D eigenvalue weighted by Crippen LogP contribution is -2.34. The predicted molar refractivity (Wildman–Crippen MR) is 125 cm³/mol. The molecule has 0 spiro atoms. The molecule has 4 aromatic rings. The summed E-state index contributed by atoms with van der Waals surface area (Å²) in [4.78, 5) is 23.6. The molecular formula is C25H23ClN4O. The van der Waals surface area contributed by atoms with Crippen LogP contribution in [0.5, 0.6) is 0 Å². The van der Waals surface area contributed by atoms with Gasteiger partial charge in [-0.05, 0) is 55.3 Å². The smallest absolute Gasteiger partial charge is 0.316 e. The molecule has 5 nitrogen and oxygen atoms in total. The van der Waals surface area contributed by atoms with Gasteiger partial charge in [-0.2, -0.15) is 0 Å². The Hall–Kier alpha value is -3.44. The Kier molecular flexibility index (Phi) is 6.14. The molecule has 0 atom stereocenters. The minimum absolute atomic E-state index is 0.216. The fourth-order valence-electron chi connectivity index (χ4n) is 3.62. The van der Waals surface area contributed by atoms with Crippen LogP contribution in [0, 0.1) is 13.8 Å². The van der Waals surface area contributed by atoms with Crippen LogP contribution in [0.2, 0.25) is 5.15 Å². The van der Waals surface area contributed by atoms with Gasteiger partial charge < -0.3 is 10.2 Å². The number of amides is 2. The van der Waals surface area contributed by atoms with Crippen LogP contribution >= 0.6 is 11.6 Å². The molecule has 2 aromatic carbocycles. The van der Waals surface area contributed by atoms with Gasteiger partial charge in [0, 0.05) is 35.6 Å². The third kappa shape index (κ3) is 5.01. The molecule has 156 valence electrons.